The van der Waals surface area contributed by atoms with Crippen LogP contribution in [0.4, 0.5) is 0 Å². The monoisotopic (exact) mass is 409 g/mol. The van der Waals surface area contributed by atoms with Gasteiger partial charge in [0.2, 0.25) is 0 Å². The predicted octanol–water partition coefficient (Wildman–Crippen LogP) is 3.03. The summed E-state index contributed by atoms with van der Waals surface area (Å²) >= 11 is 0. The number of fused-ring (bicyclic) bond motifs is 1. The minimum atomic E-state index is -0.394. The molecule has 0 bridgehead atoms. The van der Waals surface area contributed by atoms with Gasteiger partial charge in [0.1, 0.15) is 17.4 Å². The van der Waals surface area contributed by atoms with Crippen LogP contribution in [0.25, 0.3) is 11.0 Å². The Hall–Kier alpha value is -3.48. The van der Waals surface area contributed by atoms with Crippen LogP contribution in [0.1, 0.15) is 12.5 Å². The van der Waals surface area contributed by atoms with Gasteiger partial charge in [0, 0.05) is 17.5 Å². The fraction of sp³-hybridized carbons (Fsp3) is 0.304. The molecule has 2 aromatic carbocycles. The van der Waals surface area contributed by atoms with Crippen LogP contribution in [0.2, 0.25) is 0 Å². The summed E-state index contributed by atoms with van der Waals surface area (Å²) < 4.78 is 22.1. The van der Waals surface area contributed by atoms with E-state index in [0.717, 1.165) is 17.4 Å². The summed E-state index contributed by atoms with van der Waals surface area (Å²) in [5.41, 5.74) is 0.985. The first-order valence-corrected chi connectivity index (χ1v) is 9.84. The van der Waals surface area contributed by atoms with Crippen molar-refractivity contribution in [1.82, 2.24) is 4.90 Å². The highest BCUT2D eigenvalue weighted by atomic mass is 16.5. The Bertz CT molecular complexity index is 1120. The molecule has 4 rings (SSSR count). The van der Waals surface area contributed by atoms with E-state index in [1.165, 1.54) is 6.07 Å². The summed E-state index contributed by atoms with van der Waals surface area (Å²) in [5.74, 6) is 1.69. The molecule has 3 aromatic rings. The molecule has 1 aliphatic heterocycles. The molecule has 7 nitrogen and oxygen atoms in total. The highest BCUT2D eigenvalue weighted by Crippen LogP contribution is 2.29. The largest absolute Gasteiger partial charge is 0.493 e. The second-order valence-corrected chi connectivity index (χ2v) is 7.08. The van der Waals surface area contributed by atoms with Crippen molar-refractivity contribution in [1.29, 1.82) is 0 Å². The fourth-order valence-corrected chi connectivity index (χ4v) is 3.44. The van der Waals surface area contributed by atoms with Crippen LogP contribution < -0.4 is 19.8 Å². The Balaban J connectivity index is 1.32. The van der Waals surface area contributed by atoms with E-state index in [-0.39, 0.29) is 18.6 Å². The molecule has 0 radical (unpaired) electrons. The Morgan fingerprint density at radius 1 is 1.13 bits per heavy atom. The third kappa shape index (κ3) is 4.10. The van der Waals surface area contributed by atoms with Gasteiger partial charge < -0.3 is 23.5 Å². The lowest BCUT2D eigenvalue weighted by atomic mass is 10.1. The number of ether oxygens (including phenoxy) is 3. The zero-order valence-corrected chi connectivity index (χ0v) is 16.9. The lowest BCUT2D eigenvalue weighted by molar-refractivity contribution is -0.142. The SMILES string of the molecule is CCc1cc(=O)oc2cc(OCC(=O)N3CC(Oc4ccccc4OC)C3)ccc12. The smallest absolute Gasteiger partial charge is 0.336 e. The molecule has 0 unspecified atom stereocenters. The number of amides is 1. The summed E-state index contributed by atoms with van der Waals surface area (Å²) in [6, 6.07) is 14.2. The number of nitrogens with zero attached hydrogens (tertiary/aromatic N) is 1. The van der Waals surface area contributed by atoms with Crippen molar-refractivity contribution in [3.63, 3.8) is 0 Å². The number of para-hydroxylation sites is 2. The Kier molecular flexibility index (Phi) is 5.61. The highest BCUT2D eigenvalue weighted by Gasteiger charge is 2.33. The highest BCUT2D eigenvalue weighted by molar-refractivity contribution is 5.82. The van der Waals surface area contributed by atoms with Crippen LogP contribution in [0.3, 0.4) is 0 Å². The second-order valence-electron chi connectivity index (χ2n) is 7.08. The molecule has 1 fully saturated rings. The van der Waals surface area contributed by atoms with Crippen molar-refractivity contribution in [2.45, 2.75) is 19.4 Å². The van der Waals surface area contributed by atoms with Crippen LogP contribution in [0, 0.1) is 0 Å². The van der Waals surface area contributed by atoms with Gasteiger partial charge in [-0.2, -0.15) is 0 Å². The van der Waals surface area contributed by atoms with Gasteiger partial charge in [-0.3, -0.25) is 4.79 Å². The number of carbonyl (C=O) groups is 1. The van der Waals surface area contributed by atoms with E-state index in [0.29, 0.717) is 35.9 Å². The third-order valence-corrected chi connectivity index (χ3v) is 5.11. The van der Waals surface area contributed by atoms with Gasteiger partial charge in [-0.25, -0.2) is 4.79 Å². The quantitative estimate of drug-likeness (QED) is 0.558. The van der Waals surface area contributed by atoms with Crippen molar-refractivity contribution in [2.75, 3.05) is 26.8 Å². The minimum absolute atomic E-state index is 0.0762. The molecule has 0 atom stereocenters. The number of benzene rings is 2. The number of likely N-dealkylation sites (tertiary alicyclic amines) is 1. The van der Waals surface area contributed by atoms with E-state index in [2.05, 4.69) is 0 Å². The third-order valence-electron chi connectivity index (χ3n) is 5.11. The first kappa shape index (κ1) is 19.8. The molecule has 1 amide bonds. The summed E-state index contributed by atoms with van der Waals surface area (Å²) in [5, 5.41) is 0.870. The predicted molar refractivity (Wildman–Crippen MR) is 111 cm³/mol. The summed E-state index contributed by atoms with van der Waals surface area (Å²) in [7, 11) is 1.59. The van der Waals surface area contributed by atoms with Crippen LogP contribution in [0.15, 0.2) is 57.7 Å². The molecule has 2 heterocycles. The van der Waals surface area contributed by atoms with E-state index < -0.39 is 5.63 Å². The molecule has 0 spiro atoms. The maximum atomic E-state index is 12.4. The van der Waals surface area contributed by atoms with Gasteiger partial charge in [0.15, 0.2) is 18.1 Å². The number of carbonyl (C=O) groups excluding carboxylic acids is 1. The van der Waals surface area contributed by atoms with Crippen LogP contribution in [-0.4, -0.2) is 43.7 Å². The van der Waals surface area contributed by atoms with E-state index in [9.17, 15) is 9.59 Å². The molecule has 0 saturated carbocycles. The minimum Gasteiger partial charge on any atom is -0.493 e. The second kappa shape index (κ2) is 8.49. The van der Waals surface area contributed by atoms with Gasteiger partial charge in [0.05, 0.1) is 20.2 Å². The summed E-state index contributed by atoms with van der Waals surface area (Å²) in [6.07, 6.45) is 0.654. The molecular formula is C23H23NO6. The van der Waals surface area contributed by atoms with Crippen molar-refractivity contribution < 1.29 is 23.4 Å². The molecule has 30 heavy (non-hydrogen) atoms. The molecule has 1 aliphatic rings. The van der Waals surface area contributed by atoms with Crippen molar-refractivity contribution in [3.05, 3.63) is 64.5 Å². The van der Waals surface area contributed by atoms with E-state index in [1.807, 2.05) is 37.3 Å². The maximum Gasteiger partial charge on any atom is 0.336 e. The standard InChI is InChI=1S/C23H23NO6/c1-3-15-10-23(26)30-21-11-16(8-9-18(15)21)28-14-22(25)24-12-17(13-24)29-20-7-5-4-6-19(20)27-2/h4-11,17H,3,12-14H2,1-2H3. The lowest BCUT2D eigenvalue weighted by Gasteiger charge is -2.39. The van der Waals surface area contributed by atoms with Crippen molar-refractivity contribution in [3.8, 4) is 17.2 Å². The first-order valence-electron chi connectivity index (χ1n) is 9.84. The average Bonchev–Trinajstić information content (AvgIpc) is 2.73. The van der Waals surface area contributed by atoms with Gasteiger partial charge in [-0.1, -0.05) is 19.1 Å². The number of hydrogen-bond acceptors (Lipinski definition) is 6. The van der Waals surface area contributed by atoms with Crippen LogP contribution >= 0.6 is 0 Å². The molecular weight excluding hydrogens is 386 g/mol. The number of methoxy groups -OCH3 is 1. The molecule has 0 aliphatic carbocycles. The van der Waals surface area contributed by atoms with Crippen LogP contribution in [-0.2, 0) is 11.2 Å². The van der Waals surface area contributed by atoms with Gasteiger partial charge >= 0.3 is 5.63 Å². The van der Waals surface area contributed by atoms with Crippen molar-refractivity contribution in [2.24, 2.45) is 0 Å². The van der Waals surface area contributed by atoms with Gasteiger partial charge in [-0.15, -0.1) is 0 Å². The number of hydrogen-bond donors (Lipinski definition) is 0. The van der Waals surface area contributed by atoms with E-state index in [1.54, 1.807) is 24.1 Å². The summed E-state index contributed by atoms with van der Waals surface area (Å²) in [4.78, 5) is 25.8. The van der Waals surface area contributed by atoms with E-state index in [4.69, 9.17) is 18.6 Å². The topological polar surface area (TPSA) is 78.2 Å². The normalized spacial score (nSPS) is 13.7. The molecule has 1 aromatic heterocycles. The maximum absolute atomic E-state index is 12.4. The Morgan fingerprint density at radius 2 is 1.90 bits per heavy atom. The fourth-order valence-electron chi connectivity index (χ4n) is 3.44. The molecule has 156 valence electrons. The lowest BCUT2D eigenvalue weighted by Crippen LogP contribution is -2.57. The number of rotatable bonds is 7. The molecule has 0 N–H and O–H groups in total. The first-order chi connectivity index (χ1) is 14.6. The molecule has 1 saturated heterocycles. The Labute approximate surface area is 173 Å². The zero-order chi connectivity index (χ0) is 21.1. The number of aryl methyl sites for hydroxylation is 1. The summed E-state index contributed by atoms with van der Waals surface area (Å²) in [6.45, 7) is 2.87. The molecule has 7 heteroatoms. The van der Waals surface area contributed by atoms with E-state index >= 15 is 0 Å². The Morgan fingerprint density at radius 3 is 2.63 bits per heavy atom. The average molecular weight is 409 g/mol. The zero-order valence-electron chi connectivity index (χ0n) is 16.9. The van der Waals surface area contributed by atoms with Crippen LogP contribution in [0.5, 0.6) is 17.2 Å². The van der Waals surface area contributed by atoms with Gasteiger partial charge in [-0.05, 0) is 36.2 Å². The van der Waals surface area contributed by atoms with Gasteiger partial charge in [0.25, 0.3) is 5.91 Å². The van der Waals surface area contributed by atoms with Crippen molar-refractivity contribution >= 4 is 16.9 Å².